The van der Waals surface area contributed by atoms with Crippen LogP contribution >= 0.6 is 0 Å². The second-order valence-electron chi connectivity index (χ2n) is 9.40. The molecular formula is C26H34O6S. The van der Waals surface area contributed by atoms with Gasteiger partial charge >= 0.3 is 0 Å². The molecule has 0 atom stereocenters. The predicted octanol–water partition coefficient (Wildman–Crippen LogP) is 4.41. The number of rotatable bonds is 12. The summed E-state index contributed by atoms with van der Waals surface area (Å²) in [5.41, 5.74) is 1.44. The van der Waals surface area contributed by atoms with Crippen molar-refractivity contribution in [2.45, 2.75) is 49.7 Å². The summed E-state index contributed by atoms with van der Waals surface area (Å²) in [6, 6.07) is 14.2. The number of ether oxygens (including phenoxy) is 4. The van der Waals surface area contributed by atoms with Crippen LogP contribution in [0.15, 0.2) is 58.3 Å². The topological polar surface area (TPSA) is 71.1 Å². The Morgan fingerprint density at radius 1 is 0.727 bits per heavy atom. The molecule has 2 aliphatic rings. The van der Waals surface area contributed by atoms with E-state index in [1.165, 1.54) is 0 Å². The molecule has 0 amide bonds. The molecule has 180 valence electrons. The van der Waals surface area contributed by atoms with Crippen molar-refractivity contribution < 1.29 is 27.4 Å². The molecule has 0 bridgehead atoms. The molecule has 0 unspecified atom stereocenters. The van der Waals surface area contributed by atoms with E-state index >= 15 is 0 Å². The van der Waals surface area contributed by atoms with Crippen LogP contribution in [0.3, 0.4) is 0 Å². The Balaban J connectivity index is 1.49. The molecule has 4 rings (SSSR count). The summed E-state index contributed by atoms with van der Waals surface area (Å²) < 4.78 is 50.0. The monoisotopic (exact) mass is 474 g/mol. The molecule has 7 heteroatoms. The highest BCUT2D eigenvalue weighted by Crippen LogP contribution is 2.34. The quantitative estimate of drug-likeness (QED) is 0.454. The van der Waals surface area contributed by atoms with Crippen molar-refractivity contribution in [2.75, 3.05) is 39.6 Å². The fourth-order valence-electron chi connectivity index (χ4n) is 4.20. The Kier molecular flexibility index (Phi) is 7.56. The second-order valence-corrected chi connectivity index (χ2v) is 11.3. The largest absolute Gasteiger partial charge is 0.380 e. The molecule has 2 aromatic carbocycles. The van der Waals surface area contributed by atoms with Gasteiger partial charge in [-0.25, -0.2) is 8.42 Å². The van der Waals surface area contributed by atoms with Crippen LogP contribution in [0.5, 0.6) is 0 Å². The minimum Gasteiger partial charge on any atom is -0.380 e. The minimum absolute atomic E-state index is 0.0546. The fraction of sp³-hybridized carbons (Fsp3) is 0.538. The molecule has 33 heavy (non-hydrogen) atoms. The molecular weight excluding hydrogens is 440 g/mol. The lowest BCUT2D eigenvalue weighted by atomic mass is 9.84. The van der Waals surface area contributed by atoms with Crippen molar-refractivity contribution in [3.63, 3.8) is 0 Å². The first-order chi connectivity index (χ1) is 15.9. The summed E-state index contributed by atoms with van der Waals surface area (Å²) in [4.78, 5) is 0.565. The normalized spacial score (nSPS) is 19.0. The van der Waals surface area contributed by atoms with Gasteiger partial charge in [0.1, 0.15) is 0 Å². The first-order valence-corrected chi connectivity index (χ1v) is 13.1. The maximum atomic E-state index is 13.7. The van der Waals surface area contributed by atoms with E-state index in [0.29, 0.717) is 50.8 Å². The van der Waals surface area contributed by atoms with Gasteiger partial charge in [-0.05, 0) is 36.1 Å². The van der Waals surface area contributed by atoms with Crippen LogP contribution < -0.4 is 0 Å². The van der Waals surface area contributed by atoms with E-state index in [-0.39, 0.29) is 33.8 Å². The van der Waals surface area contributed by atoms with E-state index in [1.54, 1.807) is 24.3 Å². The summed E-state index contributed by atoms with van der Waals surface area (Å²) in [5.74, 6) is 0. The number of benzene rings is 2. The Labute approximate surface area is 197 Å². The van der Waals surface area contributed by atoms with E-state index in [1.807, 2.05) is 24.3 Å². The highest BCUT2D eigenvalue weighted by Gasteiger charge is 2.38. The Bertz CT molecular complexity index is 952. The Morgan fingerprint density at radius 2 is 1.12 bits per heavy atom. The Hall–Kier alpha value is -1.77. The third-order valence-corrected chi connectivity index (χ3v) is 8.94. The summed E-state index contributed by atoms with van der Waals surface area (Å²) in [7, 11) is -3.74. The van der Waals surface area contributed by atoms with Crippen molar-refractivity contribution >= 4 is 9.84 Å². The summed E-state index contributed by atoms with van der Waals surface area (Å²) >= 11 is 0. The van der Waals surface area contributed by atoms with Gasteiger partial charge in [0.05, 0.1) is 62.6 Å². The average Bonchev–Trinajstić information content (AvgIpc) is 2.78. The van der Waals surface area contributed by atoms with Crippen molar-refractivity contribution in [2.24, 2.45) is 10.8 Å². The van der Waals surface area contributed by atoms with Gasteiger partial charge < -0.3 is 18.9 Å². The van der Waals surface area contributed by atoms with Gasteiger partial charge in [0.25, 0.3) is 0 Å². The van der Waals surface area contributed by atoms with Gasteiger partial charge in [-0.3, -0.25) is 0 Å². The predicted molar refractivity (Wildman–Crippen MR) is 125 cm³/mol. The van der Waals surface area contributed by atoms with Crippen LogP contribution in [0.25, 0.3) is 0 Å². The van der Waals surface area contributed by atoms with Gasteiger partial charge in [0.15, 0.2) is 0 Å². The number of hydrogen-bond acceptors (Lipinski definition) is 6. The maximum absolute atomic E-state index is 13.7. The van der Waals surface area contributed by atoms with E-state index in [0.717, 1.165) is 12.8 Å². The van der Waals surface area contributed by atoms with Crippen LogP contribution in [-0.2, 0) is 42.0 Å². The van der Waals surface area contributed by atoms with Crippen LogP contribution in [0, 0.1) is 10.8 Å². The highest BCUT2D eigenvalue weighted by atomic mass is 32.2. The zero-order valence-corrected chi connectivity index (χ0v) is 20.4. The van der Waals surface area contributed by atoms with Gasteiger partial charge in [0.2, 0.25) is 9.84 Å². The average molecular weight is 475 g/mol. The molecule has 2 aromatic rings. The number of sulfone groups is 1. The molecule has 2 aliphatic heterocycles. The molecule has 6 nitrogen and oxygen atoms in total. The van der Waals surface area contributed by atoms with Crippen molar-refractivity contribution in [3.8, 4) is 0 Å². The van der Waals surface area contributed by atoms with E-state index in [9.17, 15) is 8.42 Å². The van der Waals surface area contributed by atoms with Crippen LogP contribution in [0.2, 0.25) is 0 Å². The first-order valence-electron chi connectivity index (χ1n) is 11.7. The van der Waals surface area contributed by atoms with Gasteiger partial charge in [-0.15, -0.1) is 0 Å². The molecule has 2 saturated heterocycles. The Morgan fingerprint density at radius 3 is 1.45 bits per heavy atom. The molecule has 0 saturated carbocycles. The lowest BCUT2D eigenvalue weighted by molar-refractivity contribution is -0.152. The van der Waals surface area contributed by atoms with Crippen LogP contribution in [-0.4, -0.2) is 48.1 Å². The van der Waals surface area contributed by atoms with E-state index < -0.39 is 9.84 Å². The zero-order valence-electron chi connectivity index (χ0n) is 19.5. The van der Waals surface area contributed by atoms with Crippen molar-refractivity contribution in [1.29, 1.82) is 0 Å². The standard InChI is InChI=1S/C26H34O6S/c1-3-25(17-31-18-25)15-29-13-21-9-5-7-11-23(21)33(27,28)24-12-8-6-10-22(24)14-30-16-26(4-2)19-32-20-26/h5-12H,3-4,13-20H2,1-2H3. The van der Waals surface area contributed by atoms with Crippen LogP contribution in [0.1, 0.15) is 37.8 Å². The SMILES string of the molecule is CCC1(COCc2ccccc2S(=O)(=O)c2ccccc2COCC2(CC)COC2)COC1. The molecule has 0 radical (unpaired) electrons. The summed E-state index contributed by atoms with van der Waals surface area (Å²) in [6.07, 6.45) is 1.96. The molecule has 2 heterocycles. The third-order valence-electron chi connectivity index (χ3n) is 6.99. The number of hydrogen-bond donors (Lipinski definition) is 0. The molecule has 2 fully saturated rings. The zero-order chi connectivity index (χ0) is 23.4. The fourth-order valence-corrected chi connectivity index (χ4v) is 5.90. The summed E-state index contributed by atoms with van der Waals surface area (Å²) in [6.45, 7) is 8.66. The minimum atomic E-state index is -3.74. The molecule has 0 spiro atoms. The van der Waals surface area contributed by atoms with Gasteiger partial charge in [0, 0.05) is 10.8 Å². The molecule has 0 aliphatic carbocycles. The van der Waals surface area contributed by atoms with Crippen LogP contribution in [0.4, 0.5) is 0 Å². The smallest absolute Gasteiger partial charge is 0.207 e. The lowest BCUT2D eigenvalue weighted by Gasteiger charge is -2.40. The van der Waals surface area contributed by atoms with Gasteiger partial charge in [-0.1, -0.05) is 50.2 Å². The lowest BCUT2D eigenvalue weighted by Crippen LogP contribution is -2.45. The van der Waals surface area contributed by atoms with E-state index in [2.05, 4.69) is 13.8 Å². The summed E-state index contributed by atoms with van der Waals surface area (Å²) in [5, 5.41) is 0. The van der Waals surface area contributed by atoms with Crippen molar-refractivity contribution in [3.05, 3.63) is 59.7 Å². The third kappa shape index (κ3) is 5.17. The highest BCUT2D eigenvalue weighted by molar-refractivity contribution is 7.91. The van der Waals surface area contributed by atoms with E-state index in [4.69, 9.17) is 18.9 Å². The first kappa shape index (κ1) is 24.4. The molecule has 0 N–H and O–H groups in total. The van der Waals surface area contributed by atoms with Crippen molar-refractivity contribution in [1.82, 2.24) is 0 Å². The molecule has 0 aromatic heterocycles. The maximum Gasteiger partial charge on any atom is 0.207 e. The second kappa shape index (κ2) is 10.2. The van der Waals surface area contributed by atoms with Gasteiger partial charge in [-0.2, -0.15) is 0 Å².